The van der Waals surface area contributed by atoms with Gasteiger partial charge in [-0.15, -0.1) is 11.8 Å². The molecule has 17 heavy (non-hydrogen) atoms. The third-order valence-electron chi connectivity index (χ3n) is 2.10. The number of thioether (sulfide) groups is 1. The van der Waals surface area contributed by atoms with Gasteiger partial charge in [-0.25, -0.2) is 0 Å². The highest BCUT2D eigenvalue weighted by atomic mass is 32.2. The summed E-state index contributed by atoms with van der Waals surface area (Å²) in [6.45, 7) is 0.0768. The lowest BCUT2D eigenvalue weighted by molar-refractivity contribution is 0.141. The van der Waals surface area contributed by atoms with Crippen LogP contribution >= 0.6 is 11.8 Å². The molecule has 5 nitrogen and oxygen atoms in total. The van der Waals surface area contributed by atoms with Crippen molar-refractivity contribution in [1.29, 1.82) is 0 Å². The summed E-state index contributed by atoms with van der Waals surface area (Å²) in [5.74, 6) is 1.34. The van der Waals surface area contributed by atoms with E-state index in [9.17, 15) is 5.11 Å². The minimum Gasteiger partial charge on any atom is -0.382 e. The standard InChI is InChI=1S/C11H13N3O2S/c12-6-9(15)11-13-10(14-16-11)7-17-8-4-2-1-3-5-8/h1-5,9,15H,6-7,12H2. The molecule has 3 N–H and O–H groups in total. The largest absolute Gasteiger partial charge is 0.382 e. The Kier molecular flexibility index (Phi) is 4.13. The summed E-state index contributed by atoms with van der Waals surface area (Å²) in [4.78, 5) is 5.20. The Morgan fingerprint density at radius 2 is 2.12 bits per heavy atom. The molecule has 2 rings (SSSR count). The molecule has 90 valence electrons. The second-order valence-corrected chi connectivity index (χ2v) is 4.45. The van der Waals surface area contributed by atoms with Crippen molar-refractivity contribution in [2.75, 3.05) is 6.54 Å². The Hall–Kier alpha value is -1.37. The fraction of sp³-hybridized carbons (Fsp3) is 0.273. The molecule has 0 aliphatic rings. The second kappa shape index (κ2) is 5.81. The number of hydrogen-bond acceptors (Lipinski definition) is 6. The van der Waals surface area contributed by atoms with Crippen LogP contribution in [0.4, 0.5) is 0 Å². The molecule has 0 aliphatic carbocycles. The molecule has 0 spiro atoms. The molecule has 1 atom stereocenters. The minimum atomic E-state index is -0.877. The molecule has 0 bridgehead atoms. The van der Waals surface area contributed by atoms with Crippen LogP contribution in [-0.2, 0) is 5.75 Å². The third kappa shape index (κ3) is 3.29. The lowest BCUT2D eigenvalue weighted by Gasteiger charge is -1.98. The van der Waals surface area contributed by atoms with E-state index in [4.69, 9.17) is 10.3 Å². The number of rotatable bonds is 5. The van der Waals surface area contributed by atoms with Crippen molar-refractivity contribution >= 4 is 11.8 Å². The number of aliphatic hydroxyl groups is 1. The Morgan fingerprint density at radius 1 is 1.35 bits per heavy atom. The van der Waals surface area contributed by atoms with Gasteiger partial charge in [0.2, 0.25) is 0 Å². The first-order valence-electron chi connectivity index (χ1n) is 5.18. The van der Waals surface area contributed by atoms with Gasteiger partial charge >= 0.3 is 0 Å². The molecule has 6 heteroatoms. The predicted octanol–water partition coefficient (Wildman–Crippen LogP) is 1.35. The molecule has 0 saturated carbocycles. The number of hydrogen-bond donors (Lipinski definition) is 2. The van der Waals surface area contributed by atoms with Crippen LogP contribution in [0.25, 0.3) is 0 Å². The number of aliphatic hydroxyl groups excluding tert-OH is 1. The molecular formula is C11H13N3O2S. The highest BCUT2D eigenvalue weighted by Gasteiger charge is 2.14. The van der Waals surface area contributed by atoms with Gasteiger partial charge in [-0.05, 0) is 12.1 Å². The normalized spacial score (nSPS) is 12.6. The molecule has 0 fully saturated rings. The van der Waals surface area contributed by atoms with E-state index in [0.717, 1.165) is 4.90 Å². The van der Waals surface area contributed by atoms with Gasteiger partial charge in [0.15, 0.2) is 5.82 Å². The van der Waals surface area contributed by atoms with Crippen molar-refractivity contribution < 1.29 is 9.63 Å². The van der Waals surface area contributed by atoms with E-state index in [1.54, 1.807) is 11.8 Å². The number of aromatic nitrogens is 2. The molecule has 0 radical (unpaired) electrons. The van der Waals surface area contributed by atoms with E-state index in [0.29, 0.717) is 11.6 Å². The first-order valence-corrected chi connectivity index (χ1v) is 6.16. The topological polar surface area (TPSA) is 85.2 Å². The van der Waals surface area contributed by atoms with Crippen molar-refractivity contribution in [3.63, 3.8) is 0 Å². The average Bonchev–Trinajstić information content (AvgIpc) is 2.85. The van der Waals surface area contributed by atoms with Crippen LogP contribution in [0.15, 0.2) is 39.8 Å². The summed E-state index contributed by atoms with van der Waals surface area (Å²) in [7, 11) is 0. The van der Waals surface area contributed by atoms with Crippen LogP contribution in [0.3, 0.4) is 0 Å². The van der Waals surface area contributed by atoms with Crippen LogP contribution in [0.5, 0.6) is 0 Å². The van der Waals surface area contributed by atoms with Crippen LogP contribution in [0.2, 0.25) is 0 Å². The van der Waals surface area contributed by atoms with Gasteiger partial charge < -0.3 is 15.4 Å². The van der Waals surface area contributed by atoms with Crippen molar-refractivity contribution in [1.82, 2.24) is 10.1 Å². The zero-order chi connectivity index (χ0) is 12.1. The number of benzene rings is 1. The molecule has 1 aromatic carbocycles. The summed E-state index contributed by atoms with van der Waals surface area (Å²) in [5.41, 5.74) is 5.30. The summed E-state index contributed by atoms with van der Waals surface area (Å²) < 4.78 is 4.90. The van der Waals surface area contributed by atoms with Gasteiger partial charge in [0, 0.05) is 11.4 Å². The highest BCUT2D eigenvalue weighted by molar-refractivity contribution is 7.98. The third-order valence-corrected chi connectivity index (χ3v) is 3.11. The molecule has 1 heterocycles. The summed E-state index contributed by atoms with van der Waals surface area (Å²) in [6.07, 6.45) is -0.877. The fourth-order valence-electron chi connectivity index (χ4n) is 1.23. The number of nitrogens with zero attached hydrogens (tertiary/aromatic N) is 2. The monoisotopic (exact) mass is 251 g/mol. The second-order valence-electron chi connectivity index (χ2n) is 3.40. The van der Waals surface area contributed by atoms with Crippen molar-refractivity contribution in [3.05, 3.63) is 42.0 Å². The predicted molar refractivity (Wildman–Crippen MR) is 64.3 cm³/mol. The first-order chi connectivity index (χ1) is 8.29. The van der Waals surface area contributed by atoms with Gasteiger partial charge in [-0.2, -0.15) is 4.98 Å². The van der Waals surface area contributed by atoms with Gasteiger partial charge in [-0.1, -0.05) is 23.4 Å². The highest BCUT2D eigenvalue weighted by Crippen LogP contribution is 2.21. The molecule has 1 aromatic heterocycles. The van der Waals surface area contributed by atoms with Crippen molar-refractivity contribution in [2.24, 2.45) is 5.73 Å². The Morgan fingerprint density at radius 3 is 2.82 bits per heavy atom. The molecule has 1 unspecified atom stereocenters. The maximum Gasteiger partial charge on any atom is 0.256 e. The average molecular weight is 251 g/mol. The van der Waals surface area contributed by atoms with E-state index in [-0.39, 0.29) is 12.4 Å². The lowest BCUT2D eigenvalue weighted by atomic mass is 10.4. The van der Waals surface area contributed by atoms with E-state index < -0.39 is 6.10 Å². The van der Waals surface area contributed by atoms with Crippen LogP contribution in [-0.4, -0.2) is 21.8 Å². The van der Waals surface area contributed by atoms with E-state index in [1.165, 1.54) is 0 Å². The molecular weight excluding hydrogens is 238 g/mol. The lowest BCUT2D eigenvalue weighted by Crippen LogP contribution is -2.11. The van der Waals surface area contributed by atoms with Crippen LogP contribution in [0, 0.1) is 0 Å². The summed E-state index contributed by atoms with van der Waals surface area (Å²) in [5, 5.41) is 13.2. The van der Waals surface area contributed by atoms with Gasteiger partial charge in [0.05, 0.1) is 5.75 Å². The van der Waals surface area contributed by atoms with E-state index in [1.807, 2.05) is 30.3 Å². The van der Waals surface area contributed by atoms with Gasteiger partial charge in [0.25, 0.3) is 5.89 Å². The Labute approximate surface area is 103 Å². The maximum atomic E-state index is 9.40. The minimum absolute atomic E-state index is 0.0768. The van der Waals surface area contributed by atoms with Gasteiger partial charge in [0.1, 0.15) is 6.10 Å². The first kappa shape index (κ1) is 12.1. The summed E-state index contributed by atoms with van der Waals surface area (Å²) in [6, 6.07) is 9.94. The van der Waals surface area contributed by atoms with Crippen molar-refractivity contribution in [2.45, 2.75) is 16.8 Å². The SMILES string of the molecule is NCC(O)c1nc(CSc2ccccc2)no1. The zero-order valence-electron chi connectivity index (χ0n) is 9.11. The number of nitrogens with two attached hydrogens (primary N) is 1. The Balaban J connectivity index is 1.94. The molecule has 0 saturated heterocycles. The van der Waals surface area contributed by atoms with E-state index >= 15 is 0 Å². The smallest absolute Gasteiger partial charge is 0.256 e. The van der Waals surface area contributed by atoms with Crippen LogP contribution < -0.4 is 5.73 Å². The van der Waals surface area contributed by atoms with E-state index in [2.05, 4.69) is 10.1 Å². The van der Waals surface area contributed by atoms with Crippen LogP contribution in [0.1, 0.15) is 17.8 Å². The zero-order valence-corrected chi connectivity index (χ0v) is 9.93. The van der Waals surface area contributed by atoms with Gasteiger partial charge in [-0.3, -0.25) is 0 Å². The van der Waals surface area contributed by atoms with Crippen molar-refractivity contribution in [3.8, 4) is 0 Å². The quantitative estimate of drug-likeness (QED) is 0.780. The fourth-order valence-corrected chi connectivity index (χ4v) is 1.99. The molecule has 2 aromatic rings. The maximum absolute atomic E-state index is 9.40. The Bertz CT molecular complexity index is 461. The summed E-state index contributed by atoms with van der Waals surface area (Å²) >= 11 is 1.61. The molecule has 0 amide bonds. The molecule has 0 aliphatic heterocycles.